The lowest BCUT2D eigenvalue weighted by Gasteiger charge is -2.47. The highest BCUT2D eigenvalue weighted by Gasteiger charge is 2.63. The standard InChI is InChI=1S/C27H25BrClN3O4/c1-4-36-24(34)22-23(30)32(18-10-9-14(28)11-16(18)29)19-12-26(2,3)13-20(33)21(19)27(22)15-7-5-6-8-17(15)31-25(27)35/h5-11H,4,12-13,30H2,1-3H3,(H,31,35). The van der Waals surface area contributed by atoms with Gasteiger partial charge in [-0.25, -0.2) is 4.79 Å². The summed E-state index contributed by atoms with van der Waals surface area (Å²) in [5.41, 5.74) is 6.91. The van der Waals surface area contributed by atoms with Crippen molar-refractivity contribution in [3.8, 4) is 0 Å². The number of hydrogen-bond donors (Lipinski definition) is 2. The first-order valence-corrected chi connectivity index (χ1v) is 12.8. The van der Waals surface area contributed by atoms with Gasteiger partial charge >= 0.3 is 5.97 Å². The van der Waals surface area contributed by atoms with Crippen molar-refractivity contribution >= 4 is 56.6 Å². The van der Waals surface area contributed by atoms with E-state index in [-0.39, 0.29) is 35.8 Å². The first-order chi connectivity index (χ1) is 17.0. The fourth-order valence-electron chi connectivity index (χ4n) is 5.63. The van der Waals surface area contributed by atoms with E-state index in [4.69, 9.17) is 22.1 Å². The maximum absolute atomic E-state index is 14.0. The summed E-state index contributed by atoms with van der Waals surface area (Å²) < 4.78 is 6.19. The summed E-state index contributed by atoms with van der Waals surface area (Å²) in [7, 11) is 0. The fraction of sp³-hybridized carbons (Fsp3) is 0.296. The number of anilines is 2. The lowest BCUT2D eigenvalue weighted by Crippen LogP contribution is -2.54. The molecule has 0 fully saturated rings. The summed E-state index contributed by atoms with van der Waals surface area (Å²) in [6.45, 7) is 5.73. The van der Waals surface area contributed by atoms with Crippen LogP contribution in [0, 0.1) is 5.41 Å². The molecule has 0 bridgehead atoms. The van der Waals surface area contributed by atoms with Gasteiger partial charge in [0.15, 0.2) is 5.78 Å². The van der Waals surface area contributed by atoms with E-state index in [2.05, 4.69) is 21.2 Å². The van der Waals surface area contributed by atoms with Crippen LogP contribution in [0.2, 0.25) is 5.02 Å². The van der Waals surface area contributed by atoms with Crippen LogP contribution in [0.3, 0.4) is 0 Å². The largest absolute Gasteiger partial charge is 0.462 e. The molecular formula is C27H25BrClN3O4. The molecule has 1 aliphatic carbocycles. The Labute approximate surface area is 222 Å². The Morgan fingerprint density at radius 2 is 1.92 bits per heavy atom. The van der Waals surface area contributed by atoms with Crippen LogP contribution >= 0.6 is 27.5 Å². The number of fused-ring (bicyclic) bond motifs is 3. The number of esters is 1. The van der Waals surface area contributed by atoms with Crippen molar-refractivity contribution in [3.05, 3.63) is 80.2 Å². The van der Waals surface area contributed by atoms with Gasteiger partial charge in [-0.2, -0.15) is 0 Å². The van der Waals surface area contributed by atoms with Gasteiger partial charge in [0.2, 0.25) is 5.91 Å². The molecule has 3 aliphatic rings. The van der Waals surface area contributed by atoms with Crippen molar-refractivity contribution in [1.82, 2.24) is 0 Å². The summed E-state index contributed by atoms with van der Waals surface area (Å²) in [6.07, 6.45) is 0.648. The molecule has 0 radical (unpaired) electrons. The van der Waals surface area contributed by atoms with Gasteiger partial charge < -0.3 is 15.8 Å². The number of benzene rings is 2. The minimum absolute atomic E-state index is 0.00813. The molecule has 2 heterocycles. The molecule has 186 valence electrons. The van der Waals surface area contributed by atoms with E-state index in [0.717, 1.165) is 4.47 Å². The molecule has 0 saturated carbocycles. The number of para-hydroxylation sites is 1. The SMILES string of the molecule is CCOC(=O)C1=C(N)N(c2ccc(Br)cc2Cl)C2=C(C(=O)CC(C)(C)C2)C12C(=O)Nc1ccccc12. The Kier molecular flexibility index (Phi) is 5.80. The molecule has 36 heavy (non-hydrogen) atoms. The summed E-state index contributed by atoms with van der Waals surface area (Å²) in [5, 5.41) is 3.25. The van der Waals surface area contributed by atoms with Crippen molar-refractivity contribution < 1.29 is 19.1 Å². The number of allylic oxidation sites excluding steroid dienone is 1. The molecule has 9 heteroatoms. The van der Waals surface area contributed by atoms with Crippen LogP contribution in [0.25, 0.3) is 0 Å². The maximum atomic E-state index is 14.0. The van der Waals surface area contributed by atoms with Crippen molar-refractivity contribution in [3.63, 3.8) is 0 Å². The number of nitrogens with two attached hydrogens (primary N) is 1. The number of Topliss-reactive ketones (excluding diaryl/α,β-unsaturated/α-hetero) is 1. The minimum atomic E-state index is -1.73. The molecule has 3 N–H and O–H groups in total. The van der Waals surface area contributed by atoms with Gasteiger partial charge in [0, 0.05) is 33.4 Å². The zero-order valence-corrected chi connectivity index (χ0v) is 22.4. The number of ether oxygens (including phenoxy) is 1. The zero-order valence-electron chi connectivity index (χ0n) is 20.1. The lowest BCUT2D eigenvalue weighted by atomic mass is 9.60. The number of nitrogens with one attached hydrogen (secondary N) is 1. The minimum Gasteiger partial charge on any atom is -0.462 e. The Morgan fingerprint density at radius 1 is 1.19 bits per heavy atom. The number of carbonyl (C=O) groups excluding carboxylic acids is 3. The molecule has 0 aromatic heterocycles. The topological polar surface area (TPSA) is 102 Å². The van der Waals surface area contributed by atoms with E-state index in [9.17, 15) is 14.4 Å². The molecule has 1 unspecified atom stereocenters. The van der Waals surface area contributed by atoms with Crippen LogP contribution in [0.15, 0.2) is 69.6 Å². The number of nitrogens with zero attached hydrogens (tertiary/aromatic N) is 1. The maximum Gasteiger partial charge on any atom is 0.339 e. The number of hydrogen-bond acceptors (Lipinski definition) is 6. The number of ketones is 1. The average molecular weight is 571 g/mol. The summed E-state index contributed by atoms with van der Waals surface area (Å²) in [5.74, 6) is -1.48. The van der Waals surface area contributed by atoms with E-state index in [1.54, 1.807) is 54.3 Å². The Balaban J connectivity index is 1.93. The predicted molar refractivity (Wildman–Crippen MR) is 141 cm³/mol. The van der Waals surface area contributed by atoms with Gasteiger partial charge in [-0.15, -0.1) is 0 Å². The van der Waals surface area contributed by atoms with Crippen LogP contribution in [0.5, 0.6) is 0 Å². The molecular weight excluding hydrogens is 546 g/mol. The fourth-order valence-corrected chi connectivity index (χ4v) is 6.39. The van der Waals surface area contributed by atoms with Crippen molar-refractivity contribution in [2.75, 3.05) is 16.8 Å². The van der Waals surface area contributed by atoms with Crippen LogP contribution in [-0.4, -0.2) is 24.3 Å². The van der Waals surface area contributed by atoms with Crippen molar-refractivity contribution in [1.29, 1.82) is 0 Å². The van der Waals surface area contributed by atoms with E-state index < -0.39 is 22.7 Å². The highest BCUT2D eigenvalue weighted by molar-refractivity contribution is 9.10. The number of amides is 1. The zero-order chi connectivity index (χ0) is 26.0. The van der Waals surface area contributed by atoms with Crippen LogP contribution in [0.4, 0.5) is 11.4 Å². The summed E-state index contributed by atoms with van der Waals surface area (Å²) in [6, 6.07) is 12.3. The molecule has 2 aromatic rings. The highest BCUT2D eigenvalue weighted by atomic mass is 79.9. The van der Waals surface area contributed by atoms with Crippen LogP contribution < -0.4 is 16.0 Å². The predicted octanol–water partition coefficient (Wildman–Crippen LogP) is 5.19. The second kappa shape index (κ2) is 8.49. The summed E-state index contributed by atoms with van der Waals surface area (Å²) in [4.78, 5) is 43.2. The molecule has 1 spiro atoms. The molecule has 5 rings (SSSR count). The Morgan fingerprint density at radius 3 is 2.61 bits per heavy atom. The molecule has 2 aliphatic heterocycles. The first-order valence-electron chi connectivity index (χ1n) is 11.6. The third kappa shape index (κ3) is 3.42. The normalized spacial score (nSPS) is 22.5. The average Bonchev–Trinajstić information content (AvgIpc) is 3.06. The van der Waals surface area contributed by atoms with Gasteiger partial charge in [0.05, 0.1) is 17.3 Å². The second-order valence-corrected chi connectivity index (χ2v) is 11.2. The molecule has 7 nitrogen and oxygen atoms in total. The van der Waals surface area contributed by atoms with Gasteiger partial charge in [0.1, 0.15) is 16.8 Å². The second-order valence-electron chi connectivity index (χ2n) is 9.92. The van der Waals surface area contributed by atoms with Crippen molar-refractivity contribution in [2.24, 2.45) is 11.1 Å². The molecule has 1 atom stereocenters. The molecule has 2 aromatic carbocycles. The third-order valence-electron chi connectivity index (χ3n) is 6.92. The highest BCUT2D eigenvalue weighted by Crippen LogP contribution is 2.57. The smallest absolute Gasteiger partial charge is 0.339 e. The van der Waals surface area contributed by atoms with Gasteiger partial charge in [-0.3, -0.25) is 14.5 Å². The van der Waals surface area contributed by atoms with E-state index in [0.29, 0.717) is 34.1 Å². The van der Waals surface area contributed by atoms with E-state index >= 15 is 0 Å². The Hall–Kier alpha value is -3.10. The number of carbonyl (C=O) groups is 3. The Bertz CT molecular complexity index is 1410. The summed E-state index contributed by atoms with van der Waals surface area (Å²) >= 11 is 10.1. The van der Waals surface area contributed by atoms with Gasteiger partial charge in [0.25, 0.3) is 0 Å². The van der Waals surface area contributed by atoms with Gasteiger partial charge in [-0.1, -0.05) is 59.6 Å². The monoisotopic (exact) mass is 569 g/mol. The van der Waals surface area contributed by atoms with Crippen LogP contribution in [-0.2, 0) is 24.5 Å². The van der Waals surface area contributed by atoms with Gasteiger partial charge in [-0.05, 0) is 43.0 Å². The molecule has 0 saturated heterocycles. The van der Waals surface area contributed by atoms with Crippen molar-refractivity contribution in [2.45, 2.75) is 39.0 Å². The van der Waals surface area contributed by atoms with E-state index in [1.807, 2.05) is 13.8 Å². The number of halogens is 2. The van der Waals surface area contributed by atoms with E-state index in [1.165, 1.54) is 0 Å². The lowest BCUT2D eigenvalue weighted by molar-refractivity contribution is -0.140. The quantitative estimate of drug-likeness (QED) is 0.493. The van der Waals surface area contributed by atoms with Crippen LogP contribution in [0.1, 0.15) is 39.2 Å². The molecule has 1 amide bonds. The number of rotatable bonds is 3. The first kappa shape index (κ1) is 24.6. The third-order valence-corrected chi connectivity index (χ3v) is 7.72.